The molecule has 2 heterocycles. The summed E-state index contributed by atoms with van der Waals surface area (Å²) in [6.45, 7) is 1.44. The number of rotatable bonds is 8. The van der Waals surface area contributed by atoms with Gasteiger partial charge in [0.15, 0.2) is 11.5 Å². The van der Waals surface area contributed by atoms with Gasteiger partial charge in [0.2, 0.25) is 5.95 Å². The predicted molar refractivity (Wildman–Crippen MR) is 109 cm³/mol. The van der Waals surface area contributed by atoms with Gasteiger partial charge in [-0.2, -0.15) is 18.2 Å². The second-order valence-electron chi connectivity index (χ2n) is 7.14. The Bertz CT molecular complexity index is 863. The number of hydrogen-bond donors (Lipinski definition) is 2. The van der Waals surface area contributed by atoms with Gasteiger partial charge < -0.3 is 25.4 Å². The van der Waals surface area contributed by atoms with E-state index < -0.39 is 12.1 Å². The highest BCUT2D eigenvalue weighted by molar-refractivity contribution is 5.75. The normalized spacial score (nSPS) is 17.2. The number of halogens is 3. The molecule has 7 nitrogen and oxygen atoms in total. The van der Waals surface area contributed by atoms with Crippen LogP contribution in [0.25, 0.3) is 11.1 Å². The highest BCUT2D eigenvalue weighted by atomic mass is 19.4. The van der Waals surface area contributed by atoms with Crippen LogP contribution in [0.5, 0.6) is 11.5 Å². The molecule has 0 saturated carbocycles. The Morgan fingerprint density at radius 1 is 1.30 bits per heavy atom. The van der Waals surface area contributed by atoms with E-state index in [2.05, 4.69) is 15.3 Å². The number of likely N-dealkylation sites (tertiary alicyclic amines) is 1. The number of hydrogen-bond acceptors (Lipinski definition) is 7. The van der Waals surface area contributed by atoms with Gasteiger partial charge in [-0.1, -0.05) is 6.07 Å². The molecular weight excluding hydrogens is 399 g/mol. The lowest BCUT2D eigenvalue weighted by atomic mass is 10.1. The number of nitrogens with one attached hydrogen (secondary N) is 1. The summed E-state index contributed by atoms with van der Waals surface area (Å²) in [4.78, 5) is 10.2. The molecular formula is C20H26F3N5O2. The van der Waals surface area contributed by atoms with Crippen molar-refractivity contribution < 1.29 is 22.6 Å². The molecule has 2 aromatic rings. The Hall–Kier alpha value is -2.75. The van der Waals surface area contributed by atoms with E-state index in [1.165, 1.54) is 0 Å². The van der Waals surface area contributed by atoms with E-state index in [0.717, 1.165) is 5.56 Å². The molecule has 1 unspecified atom stereocenters. The first kappa shape index (κ1) is 21.9. The molecule has 30 heavy (non-hydrogen) atoms. The van der Waals surface area contributed by atoms with Crippen LogP contribution in [-0.2, 0) is 0 Å². The Kier molecular flexibility index (Phi) is 6.86. The second kappa shape index (κ2) is 9.38. The van der Waals surface area contributed by atoms with Gasteiger partial charge in [0.25, 0.3) is 0 Å². The van der Waals surface area contributed by atoms with Gasteiger partial charge in [-0.3, -0.25) is 0 Å². The van der Waals surface area contributed by atoms with Crippen molar-refractivity contribution in [3.8, 4) is 22.6 Å². The maximum atomic E-state index is 12.8. The zero-order valence-corrected chi connectivity index (χ0v) is 17.0. The summed E-state index contributed by atoms with van der Waals surface area (Å²) in [5.74, 6) is 0.622. The Labute approximate surface area is 173 Å². The number of alkyl halides is 3. The lowest BCUT2D eigenvalue weighted by molar-refractivity contribution is -0.170. The van der Waals surface area contributed by atoms with E-state index in [1.54, 1.807) is 32.5 Å². The molecule has 1 saturated heterocycles. The number of methoxy groups -OCH3 is 1. The molecule has 0 radical (unpaired) electrons. The number of nitrogens with zero attached hydrogens (tertiary/aromatic N) is 3. The first-order chi connectivity index (χ1) is 14.3. The molecule has 10 heteroatoms. The molecule has 1 aliphatic heterocycles. The highest BCUT2D eigenvalue weighted by Crippen LogP contribution is 2.35. The third-order valence-corrected chi connectivity index (χ3v) is 5.13. The molecule has 1 aromatic carbocycles. The summed E-state index contributed by atoms with van der Waals surface area (Å²) in [6.07, 6.45) is -1.71. The molecule has 3 N–H and O–H groups in total. The maximum absolute atomic E-state index is 12.8. The summed E-state index contributed by atoms with van der Waals surface area (Å²) in [7, 11) is 3.25. The van der Waals surface area contributed by atoms with Crippen molar-refractivity contribution in [1.82, 2.24) is 14.9 Å². The number of nitrogens with two attached hydrogens (primary N) is 1. The highest BCUT2D eigenvalue weighted by Gasteiger charge is 2.43. The van der Waals surface area contributed by atoms with Crippen LogP contribution in [0.2, 0.25) is 0 Å². The summed E-state index contributed by atoms with van der Waals surface area (Å²) in [5, 5.41) is 2.83. The number of aromatic nitrogens is 2. The summed E-state index contributed by atoms with van der Waals surface area (Å²) < 4.78 is 49.6. The van der Waals surface area contributed by atoms with Gasteiger partial charge in [-0.05, 0) is 37.1 Å². The van der Waals surface area contributed by atoms with Gasteiger partial charge >= 0.3 is 6.18 Å². The van der Waals surface area contributed by atoms with E-state index in [4.69, 9.17) is 15.2 Å². The van der Waals surface area contributed by atoms with Crippen LogP contribution in [0.3, 0.4) is 0 Å². The lowest BCUT2D eigenvalue weighted by Crippen LogP contribution is -2.28. The second-order valence-corrected chi connectivity index (χ2v) is 7.14. The standard InChI is InChI=1S/C20H26F3N5O2/c1-25-19-26-11-15(18(24)27-19)13-4-5-16(29-2)17(10-13)30-9-3-7-28-8-6-14(12-28)20(21,22)23/h4-5,10-11,14H,3,6-9,12H2,1-2H3,(H3,24,25,26,27). The number of ether oxygens (including phenoxy) is 2. The zero-order chi connectivity index (χ0) is 21.7. The molecule has 0 spiro atoms. The van der Waals surface area contributed by atoms with E-state index >= 15 is 0 Å². The third-order valence-electron chi connectivity index (χ3n) is 5.13. The molecule has 1 atom stereocenters. The molecule has 1 fully saturated rings. The van der Waals surface area contributed by atoms with Crippen LogP contribution in [0.15, 0.2) is 24.4 Å². The fraction of sp³-hybridized carbons (Fsp3) is 0.500. The molecule has 0 aliphatic carbocycles. The lowest BCUT2D eigenvalue weighted by Gasteiger charge is -2.18. The minimum atomic E-state index is -4.12. The minimum absolute atomic E-state index is 0.0597. The Morgan fingerprint density at radius 2 is 2.10 bits per heavy atom. The first-order valence-electron chi connectivity index (χ1n) is 9.72. The van der Waals surface area contributed by atoms with Gasteiger partial charge in [0.1, 0.15) is 5.82 Å². The van der Waals surface area contributed by atoms with E-state index in [-0.39, 0.29) is 13.0 Å². The van der Waals surface area contributed by atoms with Crippen LogP contribution >= 0.6 is 0 Å². The van der Waals surface area contributed by atoms with Crippen LogP contribution in [0.1, 0.15) is 12.8 Å². The van der Waals surface area contributed by atoms with Gasteiger partial charge in [-0.25, -0.2) is 4.98 Å². The van der Waals surface area contributed by atoms with Crippen molar-refractivity contribution in [2.45, 2.75) is 19.0 Å². The fourth-order valence-electron chi connectivity index (χ4n) is 3.47. The maximum Gasteiger partial charge on any atom is 0.393 e. The third kappa shape index (κ3) is 5.24. The monoisotopic (exact) mass is 425 g/mol. The molecule has 1 aromatic heterocycles. The van der Waals surface area contributed by atoms with Gasteiger partial charge in [-0.15, -0.1) is 0 Å². The van der Waals surface area contributed by atoms with E-state index in [1.807, 2.05) is 11.0 Å². The van der Waals surface area contributed by atoms with Gasteiger partial charge in [0.05, 0.1) is 19.6 Å². The Balaban J connectivity index is 1.60. The summed E-state index contributed by atoms with van der Waals surface area (Å²) >= 11 is 0. The summed E-state index contributed by atoms with van der Waals surface area (Å²) in [5.41, 5.74) is 7.47. The zero-order valence-electron chi connectivity index (χ0n) is 17.0. The van der Waals surface area contributed by atoms with Gasteiger partial charge in [0, 0.05) is 31.9 Å². The van der Waals surface area contributed by atoms with Crippen molar-refractivity contribution in [1.29, 1.82) is 0 Å². The smallest absolute Gasteiger partial charge is 0.393 e. The molecule has 0 amide bonds. The average Bonchev–Trinajstić information content (AvgIpc) is 3.20. The van der Waals surface area contributed by atoms with Crippen LogP contribution in [-0.4, -0.2) is 61.4 Å². The average molecular weight is 425 g/mol. The van der Waals surface area contributed by atoms with Crippen molar-refractivity contribution in [3.63, 3.8) is 0 Å². The van der Waals surface area contributed by atoms with E-state index in [9.17, 15) is 13.2 Å². The molecule has 0 bridgehead atoms. The van der Waals surface area contributed by atoms with Crippen LogP contribution in [0, 0.1) is 5.92 Å². The van der Waals surface area contributed by atoms with Crippen LogP contribution in [0.4, 0.5) is 24.9 Å². The molecule has 1 aliphatic rings. The van der Waals surface area contributed by atoms with E-state index in [0.29, 0.717) is 54.9 Å². The first-order valence-corrected chi connectivity index (χ1v) is 9.72. The fourth-order valence-corrected chi connectivity index (χ4v) is 3.47. The number of benzene rings is 1. The molecule has 3 rings (SSSR count). The van der Waals surface area contributed by atoms with Crippen molar-refractivity contribution in [2.24, 2.45) is 5.92 Å². The molecule has 164 valence electrons. The van der Waals surface area contributed by atoms with Crippen molar-refractivity contribution >= 4 is 11.8 Å². The van der Waals surface area contributed by atoms with Crippen molar-refractivity contribution in [3.05, 3.63) is 24.4 Å². The SMILES string of the molecule is CNc1ncc(-c2ccc(OC)c(OCCCN3CCC(C(F)(F)F)C3)c2)c(N)n1. The number of anilines is 2. The Morgan fingerprint density at radius 3 is 2.73 bits per heavy atom. The van der Waals surface area contributed by atoms with Crippen molar-refractivity contribution in [2.75, 3.05) is 51.4 Å². The largest absolute Gasteiger partial charge is 0.493 e. The predicted octanol–water partition coefficient (Wildman–Crippen LogP) is 3.43. The summed E-state index contributed by atoms with van der Waals surface area (Å²) in [6, 6.07) is 5.40. The number of nitrogen functional groups attached to an aromatic ring is 1. The van der Waals surface area contributed by atoms with Crippen LogP contribution < -0.4 is 20.5 Å². The minimum Gasteiger partial charge on any atom is -0.493 e. The quantitative estimate of drug-likeness (QED) is 0.627. The topological polar surface area (TPSA) is 85.5 Å².